The molecule has 1 aromatic carbocycles. The molecule has 1 aliphatic carbocycles. The first-order valence-corrected chi connectivity index (χ1v) is 8.78. The Bertz CT molecular complexity index is 430. The molecule has 1 saturated heterocycles. The summed E-state index contributed by atoms with van der Waals surface area (Å²) in [6.07, 6.45) is 5.47. The minimum absolute atomic E-state index is 0.705. The second-order valence-corrected chi connectivity index (χ2v) is 7.08. The summed E-state index contributed by atoms with van der Waals surface area (Å²) in [7, 11) is 0. The summed E-state index contributed by atoms with van der Waals surface area (Å²) >= 11 is 0. The fourth-order valence-corrected chi connectivity index (χ4v) is 4.32. The van der Waals surface area contributed by atoms with Crippen LogP contribution in [0.1, 0.15) is 45.1 Å². The van der Waals surface area contributed by atoms with Crippen LogP contribution in [0.25, 0.3) is 0 Å². The van der Waals surface area contributed by atoms with Crippen molar-refractivity contribution in [2.45, 2.75) is 58.2 Å². The van der Waals surface area contributed by atoms with E-state index in [-0.39, 0.29) is 0 Å². The van der Waals surface area contributed by atoms with Crippen LogP contribution in [0.15, 0.2) is 30.3 Å². The molecule has 21 heavy (non-hydrogen) atoms. The SMILES string of the molecule is CCC1CCC(NC2CCN(Cc3ccccc3)C2)C1C. The molecule has 1 heterocycles. The second-order valence-electron chi connectivity index (χ2n) is 7.08. The molecular formula is C19H30N2. The van der Waals surface area contributed by atoms with Gasteiger partial charge < -0.3 is 5.32 Å². The highest BCUT2D eigenvalue weighted by atomic mass is 15.2. The molecule has 0 spiro atoms. The van der Waals surface area contributed by atoms with Crippen LogP contribution < -0.4 is 5.32 Å². The average molecular weight is 286 g/mol. The minimum atomic E-state index is 0.705. The molecule has 1 aromatic rings. The Morgan fingerprint density at radius 3 is 2.67 bits per heavy atom. The predicted molar refractivity (Wildman–Crippen MR) is 89.2 cm³/mol. The van der Waals surface area contributed by atoms with Gasteiger partial charge in [0.15, 0.2) is 0 Å². The molecule has 0 bridgehead atoms. The first-order valence-electron chi connectivity index (χ1n) is 8.78. The van der Waals surface area contributed by atoms with Crippen molar-refractivity contribution in [2.24, 2.45) is 11.8 Å². The monoisotopic (exact) mass is 286 g/mol. The molecule has 1 N–H and O–H groups in total. The van der Waals surface area contributed by atoms with Crippen molar-refractivity contribution < 1.29 is 0 Å². The van der Waals surface area contributed by atoms with Crippen molar-refractivity contribution in [1.29, 1.82) is 0 Å². The van der Waals surface area contributed by atoms with Crippen molar-refractivity contribution in [3.05, 3.63) is 35.9 Å². The summed E-state index contributed by atoms with van der Waals surface area (Å²) in [5.41, 5.74) is 1.44. The summed E-state index contributed by atoms with van der Waals surface area (Å²) in [6.45, 7) is 8.37. The van der Waals surface area contributed by atoms with Crippen LogP contribution in [-0.2, 0) is 6.54 Å². The van der Waals surface area contributed by atoms with Gasteiger partial charge in [-0.1, -0.05) is 50.6 Å². The Labute approximate surface area is 129 Å². The van der Waals surface area contributed by atoms with Gasteiger partial charge >= 0.3 is 0 Å². The van der Waals surface area contributed by atoms with Crippen molar-refractivity contribution in [2.75, 3.05) is 13.1 Å². The van der Waals surface area contributed by atoms with Gasteiger partial charge in [0.25, 0.3) is 0 Å². The maximum atomic E-state index is 3.97. The van der Waals surface area contributed by atoms with E-state index in [2.05, 4.69) is 54.4 Å². The van der Waals surface area contributed by atoms with Gasteiger partial charge in [0.1, 0.15) is 0 Å². The van der Waals surface area contributed by atoms with Crippen LogP contribution in [0.3, 0.4) is 0 Å². The highest BCUT2D eigenvalue weighted by Crippen LogP contribution is 2.34. The highest BCUT2D eigenvalue weighted by molar-refractivity contribution is 5.14. The fraction of sp³-hybridized carbons (Fsp3) is 0.684. The lowest BCUT2D eigenvalue weighted by Gasteiger charge is -2.25. The van der Waals surface area contributed by atoms with E-state index in [1.165, 1.54) is 44.3 Å². The Morgan fingerprint density at radius 2 is 1.95 bits per heavy atom. The molecule has 2 heteroatoms. The van der Waals surface area contributed by atoms with E-state index in [0.29, 0.717) is 6.04 Å². The smallest absolute Gasteiger partial charge is 0.0234 e. The van der Waals surface area contributed by atoms with Crippen molar-refractivity contribution >= 4 is 0 Å². The molecule has 0 amide bonds. The number of hydrogen-bond acceptors (Lipinski definition) is 2. The molecule has 1 aliphatic heterocycles. The maximum absolute atomic E-state index is 3.97. The zero-order chi connectivity index (χ0) is 14.7. The fourth-order valence-electron chi connectivity index (χ4n) is 4.32. The number of hydrogen-bond donors (Lipinski definition) is 1. The second kappa shape index (κ2) is 6.93. The predicted octanol–water partition coefficient (Wildman–Crippen LogP) is 3.68. The van der Waals surface area contributed by atoms with Gasteiger partial charge in [0, 0.05) is 31.7 Å². The number of likely N-dealkylation sites (tertiary alicyclic amines) is 1. The Hall–Kier alpha value is -0.860. The third-order valence-electron chi connectivity index (χ3n) is 5.72. The molecule has 3 rings (SSSR count). The summed E-state index contributed by atoms with van der Waals surface area (Å²) in [5.74, 6) is 1.81. The lowest BCUT2D eigenvalue weighted by molar-refractivity contribution is 0.294. The van der Waals surface area contributed by atoms with Crippen LogP contribution in [0, 0.1) is 11.8 Å². The maximum Gasteiger partial charge on any atom is 0.0234 e. The van der Waals surface area contributed by atoms with Crippen molar-refractivity contribution in [3.8, 4) is 0 Å². The van der Waals surface area contributed by atoms with Gasteiger partial charge in [-0.2, -0.15) is 0 Å². The average Bonchev–Trinajstić information content (AvgIpc) is 3.08. The van der Waals surface area contributed by atoms with E-state index in [4.69, 9.17) is 0 Å². The zero-order valence-electron chi connectivity index (χ0n) is 13.6. The molecule has 2 aliphatic rings. The first kappa shape index (κ1) is 15.1. The number of rotatable bonds is 5. The molecular weight excluding hydrogens is 256 g/mol. The lowest BCUT2D eigenvalue weighted by atomic mass is 9.93. The molecule has 4 unspecified atom stereocenters. The summed E-state index contributed by atoms with van der Waals surface area (Å²) in [4.78, 5) is 2.60. The van der Waals surface area contributed by atoms with Crippen LogP contribution in [0.2, 0.25) is 0 Å². The van der Waals surface area contributed by atoms with Crippen LogP contribution in [0.5, 0.6) is 0 Å². The van der Waals surface area contributed by atoms with Crippen LogP contribution >= 0.6 is 0 Å². The molecule has 0 aromatic heterocycles. The zero-order valence-corrected chi connectivity index (χ0v) is 13.6. The molecule has 4 atom stereocenters. The lowest BCUT2D eigenvalue weighted by Crippen LogP contribution is -2.42. The number of nitrogens with zero attached hydrogens (tertiary/aromatic N) is 1. The molecule has 2 fully saturated rings. The molecule has 1 saturated carbocycles. The summed E-state index contributed by atoms with van der Waals surface area (Å²) in [5, 5.41) is 3.97. The highest BCUT2D eigenvalue weighted by Gasteiger charge is 2.34. The molecule has 2 nitrogen and oxygen atoms in total. The third kappa shape index (κ3) is 3.67. The largest absolute Gasteiger partial charge is 0.310 e. The van der Waals surface area contributed by atoms with Crippen LogP contribution in [-0.4, -0.2) is 30.1 Å². The number of benzene rings is 1. The Balaban J connectivity index is 1.47. The third-order valence-corrected chi connectivity index (χ3v) is 5.72. The van der Waals surface area contributed by atoms with Gasteiger partial charge in [-0.25, -0.2) is 0 Å². The Morgan fingerprint density at radius 1 is 1.14 bits per heavy atom. The van der Waals surface area contributed by atoms with Crippen molar-refractivity contribution in [3.63, 3.8) is 0 Å². The van der Waals surface area contributed by atoms with Gasteiger partial charge in [-0.05, 0) is 36.7 Å². The van der Waals surface area contributed by atoms with Gasteiger partial charge in [0.2, 0.25) is 0 Å². The van der Waals surface area contributed by atoms with E-state index < -0.39 is 0 Å². The molecule has 0 radical (unpaired) electrons. The minimum Gasteiger partial charge on any atom is -0.310 e. The first-order chi connectivity index (χ1) is 10.3. The van der Waals surface area contributed by atoms with E-state index in [9.17, 15) is 0 Å². The van der Waals surface area contributed by atoms with Gasteiger partial charge in [0.05, 0.1) is 0 Å². The quantitative estimate of drug-likeness (QED) is 0.888. The van der Waals surface area contributed by atoms with E-state index in [1.54, 1.807) is 0 Å². The van der Waals surface area contributed by atoms with E-state index >= 15 is 0 Å². The number of nitrogens with one attached hydrogen (secondary N) is 1. The topological polar surface area (TPSA) is 15.3 Å². The van der Waals surface area contributed by atoms with Crippen LogP contribution in [0.4, 0.5) is 0 Å². The molecule has 116 valence electrons. The van der Waals surface area contributed by atoms with E-state index in [1.807, 2.05) is 0 Å². The summed E-state index contributed by atoms with van der Waals surface area (Å²) in [6, 6.07) is 12.3. The standard InChI is InChI=1S/C19H30N2/c1-3-17-9-10-19(15(17)2)20-18-11-12-21(14-18)13-16-7-5-4-6-8-16/h4-8,15,17-20H,3,9-14H2,1-2H3. The Kier molecular flexibility index (Phi) is 4.97. The van der Waals surface area contributed by atoms with Gasteiger partial charge in [-0.15, -0.1) is 0 Å². The van der Waals surface area contributed by atoms with E-state index in [0.717, 1.165) is 24.4 Å². The van der Waals surface area contributed by atoms with Gasteiger partial charge in [-0.3, -0.25) is 4.90 Å². The normalized spacial score (nSPS) is 33.6. The summed E-state index contributed by atoms with van der Waals surface area (Å²) < 4.78 is 0. The van der Waals surface area contributed by atoms with Crippen molar-refractivity contribution in [1.82, 2.24) is 10.2 Å².